The van der Waals surface area contributed by atoms with Crippen LogP contribution in [0.1, 0.15) is 111 Å². The second-order valence-electron chi connectivity index (χ2n) is 14.2. The van der Waals surface area contributed by atoms with E-state index < -0.39 is 0 Å². The summed E-state index contributed by atoms with van der Waals surface area (Å²) < 4.78 is 6.18. The number of aryl methyl sites for hydroxylation is 1. The predicted molar refractivity (Wildman–Crippen MR) is 234 cm³/mol. The summed E-state index contributed by atoms with van der Waals surface area (Å²) in [5, 5.41) is 2.33. The monoisotopic (exact) mass is 683 g/mol. The van der Waals surface area contributed by atoms with E-state index in [0.717, 1.165) is 46.5 Å². The standard InChI is InChI=1S/C26H24O.C13H16.C7H16.C2H6.C2H4/c1-17(2)14-15-18(3)24-19(4)16-23-26(21-12-8-9-13-22(21)27-23)25(24)20-10-6-5-7-11-20;1-11(2)9-10-12(3)13-7-5-4-6-8-13;1-6(2)7(3,4)5;2*1-2/h6,8-16H,1,3,5,7H2,2,4H3;4-10H,1-3H3;6H,1-5H3;1-2H3;1-2H2/b15-14-;12-10+;;;. The molecule has 3 aromatic carbocycles. The summed E-state index contributed by atoms with van der Waals surface area (Å²) in [7, 11) is 0. The van der Waals surface area contributed by atoms with Gasteiger partial charge in [-0.25, -0.2) is 0 Å². The van der Waals surface area contributed by atoms with E-state index in [2.05, 4.69) is 168 Å². The van der Waals surface area contributed by atoms with Crippen molar-refractivity contribution >= 4 is 38.7 Å². The number of benzene rings is 3. The first kappa shape index (κ1) is 44.4. The van der Waals surface area contributed by atoms with Gasteiger partial charge in [0.15, 0.2) is 0 Å². The molecule has 1 aromatic heterocycles. The summed E-state index contributed by atoms with van der Waals surface area (Å²) in [6, 6.07) is 20.8. The van der Waals surface area contributed by atoms with Crippen LogP contribution in [-0.2, 0) is 0 Å². The van der Waals surface area contributed by atoms with Crippen LogP contribution in [0.3, 0.4) is 0 Å². The Bertz CT molecular complexity index is 1850. The Morgan fingerprint density at radius 3 is 1.92 bits per heavy atom. The molecule has 1 nitrogen and oxygen atoms in total. The van der Waals surface area contributed by atoms with Gasteiger partial charge in [-0.15, -0.1) is 13.2 Å². The first-order valence-corrected chi connectivity index (χ1v) is 18.4. The molecule has 51 heavy (non-hydrogen) atoms. The zero-order valence-corrected chi connectivity index (χ0v) is 34.0. The Hall–Kier alpha value is -4.62. The molecule has 1 heteroatoms. The first-order chi connectivity index (χ1) is 24.2. The second-order valence-corrected chi connectivity index (χ2v) is 14.2. The van der Waals surface area contributed by atoms with Crippen molar-refractivity contribution < 1.29 is 4.42 Å². The molecule has 1 heterocycles. The van der Waals surface area contributed by atoms with Crippen LogP contribution in [0.4, 0.5) is 0 Å². The summed E-state index contributed by atoms with van der Waals surface area (Å²) in [6.07, 6.45) is 17.4. The maximum atomic E-state index is 6.18. The van der Waals surface area contributed by atoms with Gasteiger partial charge < -0.3 is 4.42 Å². The van der Waals surface area contributed by atoms with Crippen molar-refractivity contribution in [1.29, 1.82) is 0 Å². The van der Waals surface area contributed by atoms with Crippen LogP contribution in [-0.4, -0.2) is 0 Å². The van der Waals surface area contributed by atoms with E-state index >= 15 is 0 Å². The van der Waals surface area contributed by atoms with E-state index in [0.29, 0.717) is 5.41 Å². The third-order valence-electron chi connectivity index (χ3n) is 8.67. The van der Waals surface area contributed by atoms with E-state index in [-0.39, 0.29) is 0 Å². The molecule has 4 aromatic rings. The largest absolute Gasteiger partial charge is 0.456 e. The summed E-state index contributed by atoms with van der Waals surface area (Å²) in [6.45, 7) is 40.1. The second kappa shape index (κ2) is 22.3. The average molecular weight is 683 g/mol. The highest BCUT2D eigenvalue weighted by molar-refractivity contribution is 6.13. The van der Waals surface area contributed by atoms with Gasteiger partial charge >= 0.3 is 0 Å². The van der Waals surface area contributed by atoms with Gasteiger partial charge in [0.2, 0.25) is 0 Å². The number of hydrogen-bond donors (Lipinski definition) is 0. The highest BCUT2D eigenvalue weighted by Crippen LogP contribution is 2.41. The Labute approximate surface area is 312 Å². The van der Waals surface area contributed by atoms with Gasteiger partial charge in [0, 0.05) is 16.3 Å². The van der Waals surface area contributed by atoms with Gasteiger partial charge in [0.1, 0.15) is 11.2 Å². The van der Waals surface area contributed by atoms with Crippen molar-refractivity contribution in [2.75, 3.05) is 0 Å². The molecule has 0 aliphatic heterocycles. The molecule has 0 spiro atoms. The minimum atomic E-state index is 0.500. The molecule has 0 saturated heterocycles. The van der Waals surface area contributed by atoms with Gasteiger partial charge in [-0.2, -0.15) is 0 Å². The molecular formula is C50H66O. The Morgan fingerprint density at radius 1 is 0.804 bits per heavy atom. The van der Waals surface area contributed by atoms with E-state index in [9.17, 15) is 0 Å². The predicted octanol–water partition coefficient (Wildman–Crippen LogP) is 16.3. The van der Waals surface area contributed by atoms with E-state index in [1.165, 1.54) is 44.4 Å². The van der Waals surface area contributed by atoms with E-state index in [1.807, 2.05) is 45.0 Å². The number of allylic oxidation sites excluding steroid dienone is 12. The third-order valence-corrected chi connectivity index (χ3v) is 8.67. The lowest BCUT2D eigenvalue weighted by Crippen LogP contribution is -2.12. The fourth-order valence-corrected chi connectivity index (χ4v) is 4.93. The van der Waals surface area contributed by atoms with Crippen LogP contribution in [0.15, 0.2) is 145 Å². The Balaban J connectivity index is 0.000000451. The van der Waals surface area contributed by atoms with Gasteiger partial charge in [-0.1, -0.05) is 164 Å². The van der Waals surface area contributed by atoms with Gasteiger partial charge in [-0.05, 0) is 104 Å². The molecule has 1 aliphatic carbocycles. The smallest absolute Gasteiger partial charge is 0.136 e. The molecule has 0 radical (unpaired) electrons. The van der Waals surface area contributed by atoms with Crippen molar-refractivity contribution in [3.63, 3.8) is 0 Å². The fraction of sp³-hybridized carbons (Fsp3) is 0.320. The van der Waals surface area contributed by atoms with Crippen LogP contribution in [0.2, 0.25) is 0 Å². The summed E-state index contributed by atoms with van der Waals surface area (Å²) in [5.74, 6) is 0.799. The topological polar surface area (TPSA) is 13.1 Å². The maximum absolute atomic E-state index is 6.18. The molecule has 1 aliphatic rings. The maximum Gasteiger partial charge on any atom is 0.136 e. The summed E-state index contributed by atoms with van der Waals surface area (Å²) in [4.78, 5) is 0. The SMILES string of the molecule is C=C.C=C(C)/C=C\C(=C)c1c(C)cc2oc3ccccc3c2c1C1=CCCC=C1.CC.CC(C)=C/C=C(\C)c1ccccc1.CC(C)C(C)(C)C. The number of hydrogen-bond acceptors (Lipinski definition) is 1. The van der Waals surface area contributed by atoms with Gasteiger partial charge in [0.25, 0.3) is 0 Å². The van der Waals surface area contributed by atoms with Crippen LogP contribution < -0.4 is 0 Å². The van der Waals surface area contributed by atoms with Crippen LogP contribution >= 0.6 is 0 Å². The lowest BCUT2D eigenvalue weighted by molar-refractivity contribution is 0.283. The zero-order chi connectivity index (χ0) is 38.7. The van der Waals surface area contributed by atoms with Crippen molar-refractivity contribution in [2.24, 2.45) is 11.3 Å². The molecule has 0 unspecified atom stereocenters. The number of rotatable bonds is 6. The van der Waals surface area contributed by atoms with Gasteiger partial charge in [0.05, 0.1) is 0 Å². The molecule has 0 atom stereocenters. The Kier molecular flexibility index (Phi) is 19.4. The van der Waals surface area contributed by atoms with Crippen molar-refractivity contribution in [3.8, 4) is 0 Å². The highest BCUT2D eigenvalue weighted by atomic mass is 16.3. The zero-order valence-electron chi connectivity index (χ0n) is 34.0. The lowest BCUT2D eigenvalue weighted by atomic mass is 9.84. The fourth-order valence-electron chi connectivity index (χ4n) is 4.93. The molecule has 0 fully saturated rings. The van der Waals surface area contributed by atoms with Crippen LogP contribution in [0.25, 0.3) is 38.7 Å². The van der Waals surface area contributed by atoms with E-state index in [1.54, 1.807) is 0 Å². The van der Waals surface area contributed by atoms with Crippen LogP contribution in [0.5, 0.6) is 0 Å². The quantitative estimate of drug-likeness (QED) is 0.146. The van der Waals surface area contributed by atoms with E-state index in [4.69, 9.17) is 4.42 Å². The molecule has 0 N–H and O–H groups in total. The van der Waals surface area contributed by atoms with Crippen molar-refractivity contribution in [3.05, 3.63) is 163 Å². The van der Waals surface area contributed by atoms with Crippen molar-refractivity contribution in [1.82, 2.24) is 0 Å². The average Bonchev–Trinajstić information content (AvgIpc) is 3.49. The molecule has 5 rings (SSSR count). The molecular weight excluding hydrogens is 617 g/mol. The minimum Gasteiger partial charge on any atom is -0.456 e. The lowest BCUT2D eigenvalue weighted by Gasteiger charge is -2.22. The van der Waals surface area contributed by atoms with Crippen molar-refractivity contribution in [2.45, 2.75) is 95.9 Å². The molecule has 0 amide bonds. The highest BCUT2D eigenvalue weighted by Gasteiger charge is 2.20. The minimum absolute atomic E-state index is 0.500. The Morgan fingerprint density at radius 2 is 1.39 bits per heavy atom. The number of fused-ring (bicyclic) bond motifs is 3. The molecule has 272 valence electrons. The number of furan rings is 1. The van der Waals surface area contributed by atoms with Crippen LogP contribution in [0, 0.1) is 18.3 Å². The normalized spacial score (nSPS) is 12.3. The molecule has 0 saturated carbocycles. The van der Waals surface area contributed by atoms with Gasteiger partial charge in [-0.3, -0.25) is 0 Å². The number of para-hydroxylation sites is 1. The first-order valence-electron chi connectivity index (χ1n) is 18.4. The molecule has 0 bridgehead atoms. The summed E-state index contributed by atoms with van der Waals surface area (Å²) in [5.41, 5.74) is 13.1. The summed E-state index contributed by atoms with van der Waals surface area (Å²) >= 11 is 0. The third kappa shape index (κ3) is 13.9.